The lowest BCUT2D eigenvalue weighted by Gasteiger charge is -2.42. The number of primary amides is 1. The maximum atomic E-state index is 12.9. The number of hydrogen-bond donors (Lipinski definition) is 2. The molecule has 2 fully saturated rings. The van der Waals surface area contributed by atoms with Gasteiger partial charge in [0.1, 0.15) is 0 Å². The fourth-order valence-corrected chi connectivity index (χ4v) is 3.62. The van der Waals surface area contributed by atoms with E-state index in [1.165, 1.54) is 0 Å². The first-order valence-electron chi connectivity index (χ1n) is 7.48. The Morgan fingerprint density at radius 1 is 1.10 bits per heavy atom. The summed E-state index contributed by atoms with van der Waals surface area (Å²) in [7, 11) is 0. The minimum Gasteiger partial charge on any atom is -0.368 e. The maximum Gasteiger partial charge on any atom is 0.391 e. The van der Waals surface area contributed by atoms with Crippen LogP contribution in [0.25, 0.3) is 0 Å². The van der Waals surface area contributed by atoms with Crippen LogP contribution in [0.2, 0.25) is 0 Å². The van der Waals surface area contributed by atoms with Crippen molar-refractivity contribution >= 4 is 5.91 Å². The van der Waals surface area contributed by atoms with E-state index in [1.807, 2.05) is 0 Å². The molecular formula is C14H23F3N2O. The molecule has 0 radical (unpaired) electrons. The predicted molar refractivity (Wildman–Crippen MR) is 69.9 cm³/mol. The summed E-state index contributed by atoms with van der Waals surface area (Å²) in [5, 5.41) is 3.20. The van der Waals surface area contributed by atoms with Gasteiger partial charge in [0.2, 0.25) is 5.91 Å². The predicted octanol–water partition coefficient (Wildman–Crippen LogP) is 2.89. The molecule has 0 spiro atoms. The van der Waals surface area contributed by atoms with E-state index < -0.39 is 23.5 Å². The first-order chi connectivity index (χ1) is 9.33. The summed E-state index contributed by atoms with van der Waals surface area (Å²) in [6, 6.07) is 0.128. The van der Waals surface area contributed by atoms with Crippen molar-refractivity contribution in [2.75, 3.05) is 0 Å². The zero-order chi connectivity index (χ0) is 14.8. The van der Waals surface area contributed by atoms with Gasteiger partial charge in [-0.15, -0.1) is 0 Å². The van der Waals surface area contributed by atoms with Crippen LogP contribution in [0.4, 0.5) is 13.2 Å². The molecule has 3 N–H and O–H groups in total. The monoisotopic (exact) mass is 292 g/mol. The van der Waals surface area contributed by atoms with Gasteiger partial charge in [0, 0.05) is 6.04 Å². The molecular weight excluding hydrogens is 269 g/mol. The van der Waals surface area contributed by atoms with E-state index in [4.69, 9.17) is 5.73 Å². The Kier molecular flexibility index (Phi) is 4.62. The van der Waals surface area contributed by atoms with E-state index in [1.54, 1.807) is 0 Å². The van der Waals surface area contributed by atoms with Gasteiger partial charge in [0.15, 0.2) is 0 Å². The summed E-state index contributed by atoms with van der Waals surface area (Å²) in [5.41, 5.74) is 4.29. The van der Waals surface area contributed by atoms with Gasteiger partial charge >= 0.3 is 6.18 Å². The minimum atomic E-state index is -4.24. The van der Waals surface area contributed by atoms with Gasteiger partial charge in [0.25, 0.3) is 0 Å². The highest BCUT2D eigenvalue weighted by molar-refractivity contribution is 5.84. The van der Waals surface area contributed by atoms with Gasteiger partial charge in [-0.05, 0) is 32.1 Å². The van der Waals surface area contributed by atoms with Crippen molar-refractivity contribution in [2.45, 2.75) is 75.5 Å². The highest BCUT2D eigenvalue weighted by atomic mass is 19.4. The fourth-order valence-electron chi connectivity index (χ4n) is 3.62. The standard InChI is InChI=1S/C14H23F3N2O/c15-14(16,17)10-5-4-8-13(9-10,12(18)20)19-11-6-2-1-3-7-11/h10-11,19H,1-9H2,(H2,18,20). The number of alkyl halides is 3. The van der Waals surface area contributed by atoms with E-state index in [0.717, 1.165) is 32.1 Å². The van der Waals surface area contributed by atoms with Crippen molar-refractivity contribution in [3.8, 4) is 0 Å². The molecule has 0 aromatic rings. The molecule has 3 nitrogen and oxygen atoms in total. The van der Waals surface area contributed by atoms with Crippen LogP contribution in [-0.4, -0.2) is 23.7 Å². The quantitative estimate of drug-likeness (QED) is 0.840. The number of nitrogens with one attached hydrogen (secondary N) is 1. The van der Waals surface area contributed by atoms with Crippen molar-refractivity contribution in [2.24, 2.45) is 11.7 Å². The Morgan fingerprint density at radius 3 is 2.30 bits per heavy atom. The van der Waals surface area contributed by atoms with Crippen LogP contribution in [0.5, 0.6) is 0 Å². The van der Waals surface area contributed by atoms with Crippen molar-refractivity contribution in [1.82, 2.24) is 5.32 Å². The molecule has 2 aliphatic rings. The van der Waals surface area contributed by atoms with E-state index in [0.29, 0.717) is 12.8 Å². The number of carbonyl (C=O) groups is 1. The van der Waals surface area contributed by atoms with Crippen LogP contribution in [-0.2, 0) is 4.79 Å². The van der Waals surface area contributed by atoms with Crippen LogP contribution >= 0.6 is 0 Å². The number of hydrogen-bond acceptors (Lipinski definition) is 2. The average molecular weight is 292 g/mol. The summed E-state index contributed by atoms with van der Waals surface area (Å²) in [5.74, 6) is -2.04. The number of amides is 1. The van der Waals surface area contributed by atoms with Gasteiger partial charge in [-0.1, -0.05) is 25.7 Å². The topological polar surface area (TPSA) is 55.1 Å². The van der Waals surface area contributed by atoms with Crippen LogP contribution in [0.1, 0.15) is 57.8 Å². The SMILES string of the molecule is NC(=O)C1(NC2CCCCC2)CCCC(C(F)(F)F)C1. The molecule has 0 saturated heterocycles. The third kappa shape index (κ3) is 3.45. The van der Waals surface area contributed by atoms with Crippen LogP contribution < -0.4 is 11.1 Å². The van der Waals surface area contributed by atoms with Gasteiger partial charge in [-0.2, -0.15) is 13.2 Å². The molecule has 2 rings (SSSR count). The highest BCUT2D eigenvalue weighted by Gasteiger charge is 2.50. The van der Waals surface area contributed by atoms with E-state index in [9.17, 15) is 18.0 Å². The molecule has 2 aliphatic carbocycles. The third-order valence-corrected chi connectivity index (χ3v) is 4.77. The number of nitrogens with two attached hydrogens (primary N) is 1. The lowest BCUT2D eigenvalue weighted by atomic mass is 9.74. The summed E-state index contributed by atoms with van der Waals surface area (Å²) in [4.78, 5) is 11.8. The summed E-state index contributed by atoms with van der Waals surface area (Å²) < 4.78 is 38.8. The Labute approximate surface area is 117 Å². The zero-order valence-electron chi connectivity index (χ0n) is 11.6. The molecule has 2 saturated carbocycles. The summed E-state index contributed by atoms with van der Waals surface area (Å²) in [6.45, 7) is 0. The third-order valence-electron chi connectivity index (χ3n) is 4.77. The lowest BCUT2D eigenvalue weighted by Crippen LogP contribution is -2.62. The lowest BCUT2D eigenvalue weighted by molar-refractivity contribution is -0.189. The van der Waals surface area contributed by atoms with Crippen LogP contribution in [0, 0.1) is 5.92 Å². The highest BCUT2D eigenvalue weighted by Crippen LogP contribution is 2.42. The fraction of sp³-hybridized carbons (Fsp3) is 0.929. The Hall–Kier alpha value is -0.780. The Bertz CT molecular complexity index is 353. The molecule has 0 bridgehead atoms. The maximum absolute atomic E-state index is 12.9. The molecule has 1 amide bonds. The second-order valence-electron chi connectivity index (χ2n) is 6.26. The normalized spacial score (nSPS) is 33.0. The van der Waals surface area contributed by atoms with Crippen LogP contribution in [0.15, 0.2) is 0 Å². The van der Waals surface area contributed by atoms with Gasteiger partial charge < -0.3 is 11.1 Å². The van der Waals surface area contributed by atoms with Crippen molar-refractivity contribution in [3.63, 3.8) is 0 Å². The first kappa shape index (κ1) is 15.6. The molecule has 2 atom stereocenters. The molecule has 2 unspecified atom stereocenters. The number of halogens is 3. The minimum absolute atomic E-state index is 0.102. The summed E-state index contributed by atoms with van der Waals surface area (Å²) in [6.07, 6.45) is 1.61. The van der Waals surface area contributed by atoms with Crippen molar-refractivity contribution < 1.29 is 18.0 Å². The Morgan fingerprint density at radius 2 is 1.75 bits per heavy atom. The van der Waals surface area contributed by atoms with E-state index in [2.05, 4.69) is 5.32 Å². The smallest absolute Gasteiger partial charge is 0.368 e. The van der Waals surface area contributed by atoms with Gasteiger partial charge in [-0.25, -0.2) is 0 Å². The Balaban J connectivity index is 2.10. The average Bonchev–Trinajstić information content (AvgIpc) is 2.39. The van der Waals surface area contributed by atoms with Crippen molar-refractivity contribution in [1.29, 1.82) is 0 Å². The molecule has 0 aromatic heterocycles. The number of rotatable bonds is 3. The molecule has 0 heterocycles. The second kappa shape index (κ2) is 5.92. The first-order valence-corrected chi connectivity index (χ1v) is 7.48. The molecule has 20 heavy (non-hydrogen) atoms. The van der Waals surface area contributed by atoms with Gasteiger partial charge in [0.05, 0.1) is 11.5 Å². The molecule has 6 heteroatoms. The van der Waals surface area contributed by atoms with E-state index in [-0.39, 0.29) is 18.9 Å². The largest absolute Gasteiger partial charge is 0.391 e. The van der Waals surface area contributed by atoms with E-state index >= 15 is 0 Å². The zero-order valence-corrected chi connectivity index (χ0v) is 11.6. The van der Waals surface area contributed by atoms with Gasteiger partial charge in [-0.3, -0.25) is 4.79 Å². The van der Waals surface area contributed by atoms with Crippen LogP contribution in [0.3, 0.4) is 0 Å². The second-order valence-corrected chi connectivity index (χ2v) is 6.26. The number of carbonyl (C=O) groups excluding carboxylic acids is 1. The molecule has 0 aromatic carbocycles. The van der Waals surface area contributed by atoms with Crippen molar-refractivity contribution in [3.05, 3.63) is 0 Å². The summed E-state index contributed by atoms with van der Waals surface area (Å²) >= 11 is 0. The molecule has 116 valence electrons. The molecule has 0 aliphatic heterocycles.